The van der Waals surface area contributed by atoms with Crippen molar-refractivity contribution in [2.75, 3.05) is 13.2 Å². The van der Waals surface area contributed by atoms with Gasteiger partial charge in [-0.25, -0.2) is 9.78 Å². The molecule has 2 aromatic carbocycles. The van der Waals surface area contributed by atoms with Crippen molar-refractivity contribution in [3.63, 3.8) is 0 Å². The number of ether oxygens (including phenoxy) is 2. The number of hydrogen-bond donors (Lipinski definition) is 1. The van der Waals surface area contributed by atoms with Crippen molar-refractivity contribution >= 4 is 28.2 Å². The molecule has 0 spiro atoms. The number of aryl methyl sites for hydroxylation is 1. The summed E-state index contributed by atoms with van der Waals surface area (Å²) < 4.78 is 13.6. The summed E-state index contributed by atoms with van der Waals surface area (Å²) in [6.45, 7) is 3.90. The Hall–Kier alpha value is -3.16. The lowest BCUT2D eigenvalue weighted by Gasteiger charge is -2.14. The summed E-state index contributed by atoms with van der Waals surface area (Å²) in [4.78, 5) is 17.8. The molecule has 33 heavy (non-hydrogen) atoms. The van der Waals surface area contributed by atoms with Crippen LogP contribution in [0.5, 0.6) is 5.75 Å². The number of carboxylic acids is 1. The molecule has 1 N–H and O–H groups in total. The molecule has 1 unspecified atom stereocenters. The van der Waals surface area contributed by atoms with Crippen LogP contribution in [0.1, 0.15) is 33.9 Å². The maximum Gasteiger partial charge on any atom is 0.352 e. The monoisotopic (exact) mass is 462 g/mol. The molecule has 0 amide bonds. The lowest BCUT2D eigenvalue weighted by Crippen LogP contribution is -2.18. The second-order valence-corrected chi connectivity index (χ2v) is 9.49. The third-order valence-corrected chi connectivity index (χ3v) is 7.09. The first-order chi connectivity index (χ1) is 16.1. The first-order valence-electron chi connectivity index (χ1n) is 11.2. The van der Waals surface area contributed by atoms with E-state index < -0.39 is 5.97 Å². The number of thiazole rings is 1. The smallest absolute Gasteiger partial charge is 0.352 e. The first-order valence-corrected chi connectivity index (χ1v) is 12.0. The van der Waals surface area contributed by atoms with Gasteiger partial charge in [-0.15, -0.1) is 11.3 Å². The van der Waals surface area contributed by atoms with Crippen LogP contribution in [0.25, 0.3) is 21.5 Å². The van der Waals surface area contributed by atoms with Crippen molar-refractivity contribution in [3.05, 3.63) is 70.9 Å². The number of hydrogen-bond acceptors (Lipinski definition) is 5. The Morgan fingerprint density at radius 2 is 2.09 bits per heavy atom. The number of carboxylic acid groups (broad SMARTS) is 1. The fourth-order valence-electron chi connectivity index (χ4n) is 4.33. The number of aromatic carboxylic acids is 1. The van der Waals surface area contributed by atoms with Crippen molar-refractivity contribution in [1.29, 1.82) is 0 Å². The van der Waals surface area contributed by atoms with Crippen molar-refractivity contribution in [2.24, 2.45) is 0 Å². The largest absolute Gasteiger partial charge is 0.493 e. The van der Waals surface area contributed by atoms with Gasteiger partial charge in [0.25, 0.3) is 0 Å². The van der Waals surface area contributed by atoms with E-state index in [0.29, 0.717) is 19.6 Å². The molecule has 0 saturated carbocycles. The summed E-state index contributed by atoms with van der Waals surface area (Å²) in [5.74, 6) is -0.204. The van der Waals surface area contributed by atoms with Gasteiger partial charge in [-0.2, -0.15) is 0 Å². The lowest BCUT2D eigenvalue weighted by atomic mass is 10.2. The van der Waals surface area contributed by atoms with Gasteiger partial charge in [0.2, 0.25) is 0 Å². The first kappa shape index (κ1) is 21.7. The Bertz CT molecular complexity index is 1270. The topological polar surface area (TPSA) is 73.6 Å². The number of nitrogens with zero attached hydrogens (tertiary/aromatic N) is 2. The molecule has 1 aliphatic heterocycles. The zero-order chi connectivity index (χ0) is 22.8. The summed E-state index contributed by atoms with van der Waals surface area (Å²) in [7, 11) is 0. The molecule has 7 heteroatoms. The Morgan fingerprint density at radius 1 is 1.24 bits per heavy atom. The molecule has 1 atom stereocenters. The molecular formula is C26H26N2O4S. The molecular weight excluding hydrogens is 436 g/mol. The molecule has 0 radical (unpaired) electrons. The average Bonchev–Trinajstić information content (AvgIpc) is 3.55. The summed E-state index contributed by atoms with van der Waals surface area (Å²) in [6, 6.07) is 17.7. The number of benzene rings is 2. The summed E-state index contributed by atoms with van der Waals surface area (Å²) in [6.07, 6.45) is 2.77. The standard InChI is InChI=1S/C26H26N2O4S/c1-17-22(27-25(33-17)18-6-3-2-4-7-18)11-13-32-20-9-10-23-19(14-20)15-24(26(29)30)28(23)16-21-8-5-12-31-21/h2-4,6-7,9-10,14-15,21H,5,8,11-13,16H2,1H3,(H,29,30). The molecule has 3 heterocycles. The molecule has 0 bridgehead atoms. The predicted molar refractivity (Wildman–Crippen MR) is 129 cm³/mol. The SMILES string of the molecule is Cc1sc(-c2ccccc2)nc1CCOc1ccc2c(c1)cc(C(=O)O)n2CC1CCCO1. The van der Waals surface area contributed by atoms with Crippen LogP contribution in [-0.4, -0.2) is 39.9 Å². The van der Waals surface area contributed by atoms with Crippen LogP contribution < -0.4 is 4.74 Å². The fourth-order valence-corrected chi connectivity index (χ4v) is 5.30. The van der Waals surface area contributed by atoms with Gasteiger partial charge < -0.3 is 19.1 Å². The van der Waals surface area contributed by atoms with E-state index in [1.807, 2.05) is 41.0 Å². The van der Waals surface area contributed by atoms with Gasteiger partial charge in [0.05, 0.1) is 18.4 Å². The minimum Gasteiger partial charge on any atom is -0.493 e. The second-order valence-electron chi connectivity index (χ2n) is 8.29. The predicted octanol–water partition coefficient (Wildman–Crippen LogP) is 5.57. The highest BCUT2D eigenvalue weighted by Gasteiger charge is 2.21. The van der Waals surface area contributed by atoms with Crippen LogP contribution in [0.2, 0.25) is 0 Å². The molecule has 170 valence electrons. The van der Waals surface area contributed by atoms with Gasteiger partial charge in [0.1, 0.15) is 16.5 Å². The molecule has 1 fully saturated rings. The van der Waals surface area contributed by atoms with E-state index in [1.165, 1.54) is 4.88 Å². The van der Waals surface area contributed by atoms with Crippen molar-refractivity contribution in [2.45, 2.75) is 38.8 Å². The van der Waals surface area contributed by atoms with E-state index in [4.69, 9.17) is 14.5 Å². The molecule has 2 aromatic heterocycles. The Kier molecular flexibility index (Phi) is 6.15. The van der Waals surface area contributed by atoms with E-state index >= 15 is 0 Å². The normalized spacial score (nSPS) is 15.8. The van der Waals surface area contributed by atoms with Crippen LogP contribution in [0.4, 0.5) is 0 Å². The molecule has 1 saturated heterocycles. The van der Waals surface area contributed by atoms with Gasteiger partial charge in [-0.1, -0.05) is 30.3 Å². The Balaban J connectivity index is 1.29. The highest BCUT2D eigenvalue weighted by molar-refractivity contribution is 7.15. The molecule has 1 aliphatic rings. The maximum atomic E-state index is 11.8. The van der Waals surface area contributed by atoms with E-state index in [-0.39, 0.29) is 11.8 Å². The third-order valence-electron chi connectivity index (χ3n) is 6.02. The lowest BCUT2D eigenvalue weighted by molar-refractivity contribution is 0.0672. The van der Waals surface area contributed by atoms with E-state index in [2.05, 4.69) is 19.1 Å². The maximum absolute atomic E-state index is 11.8. The van der Waals surface area contributed by atoms with E-state index in [0.717, 1.165) is 52.4 Å². The van der Waals surface area contributed by atoms with Gasteiger partial charge in [0, 0.05) is 40.9 Å². The van der Waals surface area contributed by atoms with Crippen LogP contribution in [0.3, 0.4) is 0 Å². The number of aromatic nitrogens is 2. The van der Waals surface area contributed by atoms with Crippen molar-refractivity contribution in [3.8, 4) is 16.3 Å². The molecule has 0 aliphatic carbocycles. The van der Waals surface area contributed by atoms with E-state index in [1.54, 1.807) is 17.4 Å². The average molecular weight is 463 g/mol. The number of fused-ring (bicyclic) bond motifs is 1. The number of carbonyl (C=O) groups is 1. The van der Waals surface area contributed by atoms with Gasteiger partial charge in [0.15, 0.2) is 0 Å². The minimum atomic E-state index is -0.931. The quantitative estimate of drug-likeness (QED) is 0.370. The third kappa shape index (κ3) is 4.65. The molecule has 6 nitrogen and oxygen atoms in total. The Labute approximate surface area is 196 Å². The minimum absolute atomic E-state index is 0.0664. The summed E-state index contributed by atoms with van der Waals surface area (Å²) in [5, 5.41) is 11.6. The van der Waals surface area contributed by atoms with Crippen LogP contribution in [0.15, 0.2) is 54.6 Å². The van der Waals surface area contributed by atoms with Gasteiger partial charge >= 0.3 is 5.97 Å². The zero-order valence-corrected chi connectivity index (χ0v) is 19.3. The second kappa shape index (κ2) is 9.37. The highest BCUT2D eigenvalue weighted by atomic mass is 32.1. The van der Waals surface area contributed by atoms with Gasteiger partial charge in [-0.05, 0) is 44.0 Å². The molecule has 5 rings (SSSR count). The number of rotatable bonds is 8. The fraction of sp³-hybridized carbons (Fsp3) is 0.308. The summed E-state index contributed by atoms with van der Waals surface area (Å²) >= 11 is 1.70. The van der Waals surface area contributed by atoms with Crippen LogP contribution in [0, 0.1) is 6.92 Å². The molecule has 4 aromatic rings. The Morgan fingerprint density at radius 3 is 2.85 bits per heavy atom. The zero-order valence-electron chi connectivity index (χ0n) is 18.5. The van der Waals surface area contributed by atoms with Crippen molar-refractivity contribution in [1.82, 2.24) is 9.55 Å². The van der Waals surface area contributed by atoms with Crippen LogP contribution >= 0.6 is 11.3 Å². The van der Waals surface area contributed by atoms with Gasteiger partial charge in [-0.3, -0.25) is 0 Å². The van der Waals surface area contributed by atoms with Crippen LogP contribution in [-0.2, 0) is 17.7 Å². The summed E-state index contributed by atoms with van der Waals surface area (Å²) in [5.41, 5.74) is 3.35. The highest BCUT2D eigenvalue weighted by Crippen LogP contribution is 2.29. The van der Waals surface area contributed by atoms with Crippen molar-refractivity contribution < 1.29 is 19.4 Å². The van der Waals surface area contributed by atoms with E-state index in [9.17, 15) is 9.90 Å².